The van der Waals surface area contributed by atoms with Crippen LogP contribution in [0.15, 0.2) is 10.5 Å². The number of carbonyl (C=O) groups excluding carboxylic acids is 2. The molecule has 1 atom stereocenters. The van der Waals surface area contributed by atoms with Crippen LogP contribution in [0.3, 0.4) is 0 Å². The van der Waals surface area contributed by atoms with Crippen LogP contribution in [0.25, 0.3) is 11.4 Å². The molecule has 3 aromatic heterocycles. The molecule has 0 aliphatic heterocycles. The predicted octanol–water partition coefficient (Wildman–Crippen LogP) is 5.74. The van der Waals surface area contributed by atoms with Gasteiger partial charge in [0.15, 0.2) is 11.0 Å². The van der Waals surface area contributed by atoms with Crippen LogP contribution >= 0.6 is 34.4 Å². The number of thiophene rings is 2. The summed E-state index contributed by atoms with van der Waals surface area (Å²) < 4.78 is 7.26. The summed E-state index contributed by atoms with van der Waals surface area (Å²) in [6.07, 6.45) is 3.42. The highest BCUT2D eigenvalue weighted by Gasteiger charge is 2.25. The molecule has 34 heavy (non-hydrogen) atoms. The topological polar surface area (TPSA) is 86.1 Å². The summed E-state index contributed by atoms with van der Waals surface area (Å²) in [7, 11) is 0. The van der Waals surface area contributed by atoms with E-state index >= 15 is 0 Å². The molecule has 0 saturated heterocycles. The molecular weight excluding hydrogens is 488 g/mol. The van der Waals surface area contributed by atoms with Gasteiger partial charge in [0, 0.05) is 27.2 Å². The number of thioether (sulfide) groups is 1. The summed E-state index contributed by atoms with van der Waals surface area (Å²) in [5, 5.41) is 15.3. The van der Waals surface area contributed by atoms with Crippen molar-refractivity contribution < 1.29 is 14.3 Å². The molecule has 0 fully saturated rings. The van der Waals surface area contributed by atoms with Crippen molar-refractivity contribution in [1.29, 1.82) is 0 Å². The third kappa shape index (κ3) is 4.94. The van der Waals surface area contributed by atoms with Gasteiger partial charge in [-0.25, -0.2) is 4.79 Å². The number of esters is 1. The SMILES string of the molecule is CCOC(=O)c1c(NC(=O)CSc2nnc(-c3csc4c3CCC(C)C4)n2CC)sc(C)c1C. The number of anilines is 1. The van der Waals surface area contributed by atoms with Crippen molar-refractivity contribution in [2.45, 2.75) is 65.6 Å². The average Bonchev–Trinajstić information content (AvgIpc) is 3.47. The Kier molecular flexibility index (Phi) is 7.79. The summed E-state index contributed by atoms with van der Waals surface area (Å²) in [5.41, 5.74) is 3.88. The highest BCUT2D eigenvalue weighted by Crippen LogP contribution is 2.38. The number of fused-ring (bicyclic) bond motifs is 1. The first-order chi connectivity index (χ1) is 16.3. The molecule has 182 valence electrons. The molecule has 7 nitrogen and oxygen atoms in total. The van der Waals surface area contributed by atoms with E-state index in [1.54, 1.807) is 6.92 Å². The second kappa shape index (κ2) is 10.6. The number of nitrogens with one attached hydrogen (secondary N) is 1. The van der Waals surface area contributed by atoms with Gasteiger partial charge in [-0.3, -0.25) is 4.79 Å². The minimum atomic E-state index is -0.406. The van der Waals surface area contributed by atoms with Crippen molar-refractivity contribution >= 4 is 51.3 Å². The molecule has 0 bridgehead atoms. The van der Waals surface area contributed by atoms with E-state index in [0.29, 0.717) is 10.6 Å². The Hall–Kier alpha value is -2.17. The van der Waals surface area contributed by atoms with Crippen LogP contribution in [-0.4, -0.2) is 39.0 Å². The number of aryl methyl sites for hydroxylation is 1. The number of carbonyl (C=O) groups is 2. The van der Waals surface area contributed by atoms with Gasteiger partial charge in [0.25, 0.3) is 0 Å². The van der Waals surface area contributed by atoms with Crippen molar-refractivity contribution in [3.05, 3.63) is 31.8 Å². The lowest BCUT2D eigenvalue weighted by atomic mass is 9.88. The van der Waals surface area contributed by atoms with E-state index in [1.165, 1.54) is 45.5 Å². The molecule has 10 heteroatoms. The molecular formula is C24H30N4O3S3. The summed E-state index contributed by atoms with van der Waals surface area (Å²) in [6, 6.07) is 0. The van der Waals surface area contributed by atoms with E-state index in [9.17, 15) is 9.59 Å². The van der Waals surface area contributed by atoms with Crippen LogP contribution in [0.1, 0.15) is 58.4 Å². The minimum absolute atomic E-state index is 0.176. The molecule has 1 amide bonds. The maximum atomic E-state index is 12.8. The third-order valence-electron chi connectivity index (χ3n) is 6.13. The van der Waals surface area contributed by atoms with Crippen molar-refractivity contribution in [3.8, 4) is 11.4 Å². The minimum Gasteiger partial charge on any atom is -0.462 e. The number of ether oxygens (including phenoxy) is 1. The zero-order valence-electron chi connectivity index (χ0n) is 20.2. The first kappa shape index (κ1) is 24.9. The second-order valence-electron chi connectivity index (χ2n) is 8.49. The number of aromatic nitrogens is 3. The molecule has 3 aromatic rings. The quantitative estimate of drug-likeness (QED) is 0.302. The summed E-state index contributed by atoms with van der Waals surface area (Å²) >= 11 is 4.57. The smallest absolute Gasteiger partial charge is 0.341 e. The fraction of sp³-hybridized carbons (Fsp3) is 0.500. The second-order valence-corrected chi connectivity index (χ2v) is 11.6. The Morgan fingerprint density at radius 2 is 2.09 bits per heavy atom. The van der Waals surface area contributed by atoms with E-state index in [0.717, 1.165) is 46.7 Å². The lowest BCUT2D eigenvalue weighted by Gasteiger charge is -2.19. The number of amides is 1. The Bertz CT molecular complexity index is 1210. The van der Waals surface area contributed by atoms with Gasteiger partial charge in [-0.15, -0.1) is 32.9 Å². The van der Waals surface area contributed by atoms with E-state index in [2.05, 4.69) is 39.3 Å². The van der Waals surface area contributed by atoms with Crippen LogP contribution in [0.4, 0.5) is 5.00 Å². The predicted molar refractivity (Wildman–Crippen MR) is 139 cm³/mol. The lowest BCUT2D eigenvalue weighted by molar-refractivity contribution is -0.113. The molecule has 1 N–H and O–H groups in total. The van der Waals surface area contributed by atoms with E-state index in [4.69, 9.17) is 4.74 Å². The zero-order chi connectivity index (χ0) is 24.4. The van der Waals surface area contributed by atoms with Gasteiger partial charge < -0.3 is 14.6 Å². The molecule has 1 aliphatic carbocycles. The van der Waals surface area contributed by atoms with E-state index < -0.39 is 5.97 Å². The molecule has 0 radical (unpaired) electrons. The standard InChI is InChI=1S/C24H30N4O3S3/c1-6-28-21(17-11-32-18-10-13(3)8-9-16(17)18)26-27-24(28)33-12-19(29)25-22-20(23(30)31-7-2)14(4)15(5)34-22/h11,13H,6-10,12H2,1-5H3,(H,25,29). The van der Waals surface area contributed by atoms with E-state index in [1.807, 2.05) is 25.2 Å². The van der Waals surface area contributed by atoms with Gasteiger partial charge in [0.1, 0.15) is 5.00 Å². The Morgan fingerprint density at radius 1 is 1.29 bits per heavy atom. The van der Waals surface area contributed by atoms with Crippen LogP contribution in [0.5, 0.6) is 0 Å². The number of hydrogen-bond donors (Lipinski definition) is 1. The Balaban J connectivity index is 1.47. The first-order valence-corrected chi connectivity index (χ1v) is 14.2. The van der Waals surface area contributed by atoms with Crippen molar-refractivity contribution in [3.63, 3.8) is 0 Å². The first-order valence-electron chi connectivity index (χ1n) is 11.6. The van der Waals surface area contributed by atoms with Crippen LogP contribution in [0, 0.1) is 19.8 Å². The molecule has 4 rings (SSSR count). The van der Waals surface area contributed by atoms with Crippen molar-refractivity contribution in [2.75, 3.05) is 17.7 Å². The van der Waals surface area contributed by atoms with Gasteiger partial charge in [-0.05, 0) is 64.0 Å². The van der Waals surface area contributed by atoms with Crippen molar-refractivity contribution in [2.24, 2.45) is 5.92 Å². The normalized spacial score (nSPS) is 15.3. The molecule has 1 aliphatic rings. The van der Waals surface area contributed by atoms with Gasteiger partial charge in [-0.2, -0.15) is 0 Å². The molecule has 0 spiro atoms. The van der Waals surface area contributed by atoms with Crippen LogP contribution in [-0.2, 0) is 28.9 Å². The molecule has 1 unspecified atom stereocenters. The molecule has 0 aromatic carbocycles. The van der Waals surface area contributed by atoms with Crippen LogP contribution < -0.4 is 5.32 Å². The number of hydrogen-bond acceptors (Lipinski definition) is 8. The highest BCUT2D eigenvalue weighted by molar-refractivity contribution is 7.99. The fourth-order valence-corrected chi connectivity index (χ4v) is 7.31. The average molecular weight is 519 g/mol. The summed E-state index contributed by atoms with van der Waals surface area (Å²) in [6.45, 7) is 11.0. The maximum absolute atomic E-state index is 12.8. The maximum Gasteiger partial charge on any atom is 0.341 e. The van der Waals surface area contributed by atoms with Gasteiger partial charge >= 0.3 is 5.97 Å². The number of nitrogens with zero attached hydrogens (tertiary/aromatic N) is 3. The van der Waals surface area contributed by atoms with E-state index in [-0.39, 0.29) is 18.3 Å². The fourth-order valence-electron chi connectivity index (χ4n) is 4.20. The van der Waals surface area contributed by atoms with Gasteiger partial charge in [0.05, 0.1) is 17.9 Å². The van der Waals surface area contributed by atoms with Crippen molar-refractivity contribution in [1.82, 2.24) is 14.8 Å². The molecule has 3 heterocycles. The van der Waals surface area contributed by atoms with Crippen LogP contribution in [0.2, 0.25) is 0 Å². The Morgan fingerprint density at radius 3 is 2.82 bits per heavy atom. The number of rotatable bonds is 8. The van der Waals surface area contributed by atoms with Gasteiger partial charge in [-0.1, -0.05) is 18.7 Å². The largest absolute Gasteiger partial charge is 0.462 e. The zero-order valence-corrected chi connectivity index (χ0v) is 22.6. The highest BCUT2D eigenvalue weighted by atomic mass is 32.2. The monoisotopic (exact) mass is 518 g/mol. The Labute approximate surface area is 212 Å². The summed E-state index contributed by atoms with van der Waals surface area (Å²) in [4.78, 5) is 27.6. The molecule has 0 saturated carbocycles. The lowest BCUT2D eigenvalue weighted by Crippen LogP contribution is -2.17. The van der Waals surface area contributed by atoms with Gasteiger partial charge in [0.2, 0.25) is 5.91 Å². The third-order valence-corrected chi connectivity index (χ3v) is 9.27. The summed E-state index contributed by atoms with van der Waals surface area (Å²) in [5.74, 6) is 1.19.